The highest BCUT2D eigenvalue weighted by Gasteiger charge is 2.11. The van der Waals surface area contributed by atoms with Gasteiger partial charge in [-0.1, -0.05) is 23.4 Å². The summed E-state index contributed by atoms with van der Waals surface area (Å²) in [4.78, 5) is 23.4. The number of thioether (sulfide) groups is 1. The molecule has 3 amide bonds. The molecular formula is C15H23N5O2S. The van der Waals surface area contributed by atoms with Crippen LogP contribution in [0.25, 0.3) is 0 Å². The second kappa shape index (κ2) is 8.71. The van der Waals surface area contributed by atoms with E-state index < -0.39 is 6.03 Å². The van der Waals surface area contributed by atoms with Crippen LogP contribution in [0.1, 0.15) is 37.9 Å². The number of hydrogen-bond donors (Lipinski definition) is 2. The van der Waals surface area contributed by atoms with Gasteiger partial charge in [0.2, 0.25) is 5.91 Å². The van der Waals surface area contributed by atoms with E-state index in [9.17, 15) is 9.59 Å². The normalized spacial score (nSPS) is 14.3. The molecular weight excluding hydrogens is 314 g/mol. The smallest absolute Gasteiger partial charge is 0.321 e. The lowest BCUT2D eigenvalue weighted by molar-refractivity contribution is -0.117. The molecule has 1 aliphatic carbocycles. The van der Waals surface area contributed by atoms with Crippen molar-refractivity contribution in [2.45, 2.75) is 44.2 Å². The standard InChI is InChI=1S/C15H23N5O2S/c1-11-18-19-15(20(11)2)23-10-13(21)17-14(22)16-9-8-12-6-4-3-5-7-12/h6H,3-5,7-10H2,1-2H3,(H2,16,17,21,22). The van der Waals surface area contributed by atoms with E-state index in [-0.39, 0.29) is 11.7 Å². The number of nitrogens with one attached hydrogen (secondary N) is 2. The molecule has 0 spiro atoms. The van der Waals surface area contributed by atoms with Gasteiger partial charge in [0.05, 0.1) is 5.75 Å². The predicted molar refractivity (Wildman–Crippen MR) is 89.2 cm³/mol. The Hall–Kier alpha value is -1.83. The Labute approximate surface area is 140 Å². The first-order valence-electron chi connectivity index (χ1n) is 7.80. The summed E-state index contributed by atoms with van der Waals surface area (Å²) >= 11 is 1.25. The van der Waals surface area contributed by atoms with Gasteiger partial charge in [-0.25, -0.2) is 4.79 Å². The van der Waals surface area contributed by atoms with Crippen molar-refractivity contribution in [2.75, 3.05) is 12.3 Å². The quantitative estimate of drug-likeness (QED) is 0.612. The number of urea groups is 1. The lowest BCUT2D eigenvalue weighted by Crippen LogP contribution is -2.40. The monoisotopic (exact) mass is 337 g/mol. The van der Waals surface area contributed by atoms with E-state index in [1.54, 1.807) is 4.57 Å². The van der Waals surface area contributed by atoms with Gasteiger partial charge in [0.15, 0.2) is 5.16 Å². The van der Waals surface area contributed by atoms with Crippen molar-refractivity contribution in [3.05, 3.63) is 17.5 Å². The number of imide groups is 1. The molecule has 2 rings (SSSR count). The molecule has 1 heterocycles. The molecule has 126 valence electrons. The maximum atomic E-state index is 11.7. The van der Waals surface area contributed by atoms with Crippen molar-refractivity contribution in [1.29, 1.82) is 0 Å². The molecule has 0 aliphatic heterocycles. The van der Waals surface area contributed by atoms with Gasteiger partial charge in [-0.05, 0) is 39.0 Å². The minimum atomic E-state index is -0.443. The summed E-state index contributed by atoms with van der Waals surface area (Å²) in [6.07, 6.45) is 7.86. The van der Waals surface area contributed by atoms with E-state index in [1.807, 2.05) is 14.0 Å². The molecule has 1 aliphatic rings. The third kappa shape index (κ3) is 5.70. The average molecular weight is 337 g/mol. The number of rotatable bonds is 6. The van der Waals surface area contributed by atoms with Crippen LogP contribution in [-0.4, -0.2) is 39.0 Å². The summed E-state index contributed by atoms with van der Waals surface area (Å²) in [7, 11) is 1.84. The van der Waals surface area contributed by atoms with Crippen molar-refractivity contribution >= 4 is 23.7 Å². The van der Waals surface area contributed by atoms with Gasteiger partial charge < -0.3 is 9.88 Å². The fraction of sp³-hybridized carbons (Fsp3) is 0.600. The molecule has 0 atom stereocenters. The zero-order chi connectivity index (χ0) is 16.7. The number of nitrogens with zero attached hydrogens (tertiary/aromatic N) is 3. The summed E-state index contributed by atoms with van der Waals surface area (Å²) in [5, 5.41) is 13.6. The lowest BCUT2D eigenvalue weighted by atomic mass is 9.97. The van der Waals surface area contributed by atoms with Crippen molar-refractivity contribution in [3.63, 3.8) is 0 Å². The molecule has 1 aromatic rings. The van der Waals surface area contributed by atoms with Crippen molar-refractivity contribution in [2.24, 2.45) is 7.05 Å². The van der Waals surface area contributed by atoms with Crippen LogP contribution < -0.4 is 10.6 Å². The second-order valence-electron chi connectivity index (χ2n) is 5.54. The van der Waals surface area contributed by atoms with Gasteiger partial charge in [-0.3, -0.25) is 10.1 Å². The minimum absolute atomic E-state index is 0.130. The maximum absolute atomic E-state index is 11.7. The van der Waals surface area contributed by atoms with Crippen LogP contribution in [0.15, 0.2) is 16.8 Å². The molecule has 2 N–H and O–H groups in total. The molecule has 0 saturated heterocycles. The van der Waals surface area contributed by atoms with Crippen molar-refractivity contribution in [1.82, 2.24) is 25.4 Å². The third-order valence-electron chi connectivity index (χ3n) is 3.75. The Morgan fingerprint density at radius 1 is 1.35 bits per heavy atom. The molecule has 0 unspecified atom stereocenters. The maximum Gasteiger partial charge on any atom is 0.321 e. The predicted octanol–water partition coefficient (Wildman–Crippen LogP) is 1.93. The topological polar surface area (TPSA) is 88.9 Å². The molecule has 0 aromatic carbocycles. The Morgan fingerprint density at radius 2 is 2.17 bits per heavy atom. The molecule has 23 heavy (non-hydrogen) atoms. The Bertz CT molecular complexity index is 597. The van der Waals surface area contributed by atoms with Crippen molar-refractivity contribution < 1.29 is 9.59 Å². The van der Waals surface area contributed by atoms with E-state index in [4.69, 9.17) is 0 Å². The summed E-state index contributed by atoms with van der Waals surface area (Å²) < 4.78 is 1.80. The number of aromatic nitrogens is 3. The molecule has 8 heteroatoms. The van der Waals surface area contributed by atoms with E-state index in [0.717, 1.165) is 25.1 Å². The number of allylic oxidation sites excluding steroid dienone is 1. The Kier molecular flexibility index (Phi) is 6.64. The van der Waals surface area contributed by atoms with Gasteiger partial charge in [0.25, 0.3) is 0 Å². The van der Waals surface area contributed by atoms with E-state index in [1.165, 1.54) is 30.2 Å². The third-order valence-corrected chi connectivity index (χ3v) is 4.77. The first-order chi connectivity index (χ1) is 11.1. The zero-order valence-corrected chi connectivity index (χ0v) is 14.4. The van der Waals surface area contributed by atoms with E-state index in [0.29, 0.717) is 11.7 Å². The Morgan fingerprint density at radius 3 is 2.83 bits per heavy atom. The number of carbonyl (C=O) groups is 2. The first kappa shape index (κ1) is 17.5. The van der Waals surface area contributed by atoms with E-state index in [2.05, 4.69) is 26.9 Å². The van der Waals surface area contributed by atoms with Crippen molar-refractivity contribution in [3.8, 4) is 0 Å². The van der Waals surface area contributed by atoms with Crippen LogP contribution in [0.2, 0.25) is 0 Å². The van der Waals surface area contributed by atoms with Crippen LogP contribution in [0.3, 0.4) is 0 Å². The summed E-state index contributed by atoms with van der Waals surface area (Å²) in [6.45, 7) is 2.40. The number of hydrogen-bond acceptors (Lipinski definition) is 5. The molecule has 1 aromatic heterocycles. The van der Waals surface area contributed by atoms with Gasteiger partial charge in [-0.2, -0.15) is 0 Å². The highest BCUT2D eigenvalue weighted by atomic mass is 32.2. The molecule has 0 fully saturated rings. The first-order valence-corrected chi connectivity index (χ1v) is 8.79. The van der Waals surface area contributed by atoms with Crippen LogP contribution in [0.4, 0.5) is 4.79 Å². The van der Waals surface area contributed by atoms with Gasteiger partial charge in [0.1, 0.15) is 5.82 Å². The van der Waals surface area contributed by atoms with Crippen LogP contribution in [0.5, 0.6) is 0 Å². The number of aryl methyl sites for hydroxylation is 1. The summed E-state index contributed by atoms with van der Waals surface area (Å²) in [5.41, 5.74) is 1.40. The fourth-order valence-electron chi connectivity index (χ4n) is 2.32. The summed E-state index contributed by atoms with van der Waals surface area (Å²) in [5.74, 6) is 0.567. The number of carbonyl (C=O) groups excluding carboxylic acids is 2. The molecule has 0 radical (unpaired) electrons. The van der Waals surface area contributed by atoms with Gasteiger partial charge >= 0.3 is 6.03 Å². The summed E-state index contributed by atoms with van der Waals surface area (Å²) in [6, 6.07) is -0.443. The van der Waals surface area contributed by atoms with Gasteiger partial charge in [0, 0.05) is 13.6 Å². The van der Waals surface area contributed by atoms with Crippen LogP contribution in [-0.2, 0) is 11.8 Å². The largest absolute Gasteiger partial charge is 0.337 e. The molecule has 7 nitrogen and oxygen atoms in total. The van der Waals surface area contributed by atoms with Crippen LogP contribution in [0, 0.1) is 6.92 Å². The average Bonchev–Trinajstić information content (AvgIpc) is 2.85. The molecule has 0 saturated carbocycles. The highest BCUT2D eigenvalue weighted by Crippen LogP contribution is 2.19. The number of amides is 3. The van der Waals surface area contributed by atoms with Crippen LogP contribution >= 0.6 is 11.8 Å². The van der Waals surface area contributed by atoms with E-state index >= 15 is 0 Å². The Balaban J connectivity index is 1.63. The lowest BCUT2D eigenvalue weighted by Gasteiger charge is -2.13. The minimum Gasteiger partial charge on any atom is -0.337 e. The van der Waals surface area contributed by atoms with Gasteiger partial charge in [-0.15, -0.1) is 10.2 Å². The second-order valence-corrected chi connectivity index (χ2v) is 6.48. The fourth-order valence-corrected chi connectivity index (χ4v) is 3.08. The molecule has 0 bridgehead atoms. The SMILES string of the molecule is Cc1nnc(SCC(=O)NC(=O)NCCC2=CCCCC2)n1C. The highest BCUT2D eigenvalue weighted by molar-refractivity contribution is 7.99. The zero-order valence-electron chi connectivity index (χ0n) is 13.6.